The number of likely N-dealkylation sites (N-methyl/N-ethyl adjacent to an activating group) is 1. The van der Waals surface area contributed by atoms with Gasteiger partial charge in [0, 0.05) is 39.0 Å². The summed E-state index contributed by atoms with van der Waals surface area (Å²) in [5.41, 5.74) is 1.10. The normalized spacial score (nSPS) is 13.7. The number of nitrogens with one attached hydrogen (secondary N) is 1. The minimum atomic E-state index is -0.208. The van der Waals surface area contributed by atoms with Gasteiger partial charge in [0.15, 0.2) is 16.8 Å². The average molecular weight is 532 g/mol. The number of piperazine rings is 1. The quantitative estimate of drug-likeness (QED) is 0.221. The van der Waals surface area contributed by atoms with Crippen LogP contribution in [0.25, 0.3) is 0 Å². The number of nitriles is 1. The first-order valence-corrected chi connectivity index (χ1v) is 13.3. The van der Waals surface area contributed by atoms with Crippen LogP contribution in [0.15, 0.2) is 41.7 Å². The summed E-state index contributed by atoms with van der Waals surface area (Å²) in [5.74, 6) is 1.45. The first-order valence-electron chi connectivity index (χ1n) is 12.4. The number of ketones is 2. The van der Waals surface area contributed by atoms with Crippen molar-refractivity contribution in [3.05, 3.63) is 53.5 Å². The van der Waals surface area contributed by atoms with Crippen LogP contribution in [0, 0.1) is 11.3 Å². The minimum Gasteiger partial charge on any atom is -0.338 e. The van der Waals surface area contributed by atoms with Crippen molar-refractivity contribution >= 4 is 41.0 Å². The highest BCUT2D eigenvalue weighted by atomic mass is 32.2. The predicted molar refractivity (Wildman–Crippen MR) is 144 cm³/mol. The van der Waals surface area contributed by atoms with Gasteiger partial charge >= 0.3 is 0 Å². The summed E-state index contributed by atoms with van der Waals surface area (Å²) in [6.07, 6.45) is 2.09. The SMILES string of the molecule is CCc1nc(Nc2nc(SCC(=O)CC(=O)Cc3ccccc3)ncc2C#N)nc(N2CCN(C)CC2)n1. The van der Waals surface area contributed by atoms with Gasteiger partial charge in [-0.25, -0.2) is 9.97 Å². The van der Waals surface area contributed by atoms with Crippen molar-refractivity contribution in [1.29, 1.82) is 5.26 Å². The molecular weight excluding hydrogens is 502 g/mol. The number of thioether (sulfide) groups is 1. The van der Waals surface area contributed by atoms with Gasteiger partial charge in [0.1, 0.15) is 23.2 Å². The molecule has 196 valence electrons. The van der Waals surface area contributed by atoms with E-state index in [4.69, 9.17) is 0 Å². The Balaban J connectivity index is 1.42. The fourth-order valence-electron chi connectivity index (χ4n) is 3.79. The van der Waals surface area contributed by atoms with Gasteiger partial charge in [-0.2, -0.15) is 20.2 Å². The molecule has 0 amide bonds. The molecule has 0 saturated carbocycles. The highest BCUT2D eigenvalue weighted by molar-refractivity contribution is 7.99. The van der Waals surface area contributed by atoms with Crippen LogP contribution < -0.4 is 10.2 Å². The lowest BCUT2D eigenvalue weighted by Gasteiger charge is -2.32. The number of carbonyl (C=O) groups is 2. The van der Waals surface area contributed by atoms with Crippen LogP contribution in [-0.4, -0.2) is 80.4 Å². The summed E-state index contributed by atoms with van der Waals surface area (Å²) in [6, 6.07) is 11.4. The molecular formula is C26H29N9O2S. The molecule has 3 heterocycles. The van der Waals surface area contributed by atoms with E-state index in [0.717, 1.165) is 43.5 Å². The van der Waals surface area contributed by atoms with E-state index in [1.54, 1.807) is 0 Å². The molecule has 0 bridgehead atoms. The first kappa shape index (κ1) is 27.1. The van der Waals surface area contributed by atoms with Crippen molar-refractivity contribution in [3.8, 4) is 6.07 Å². The molecule has 0 atom stereocenters. The average Bonchev–Trinajstić information content (AvgIpc) is 2.92. The number of rotatable bonds is 11. The second-order valence-electron chi connectivity index (χ2n) is 8.88. The summed E-state index contributed by atoms with van der Waals surface area (Å²) in [7, 11) is 2.08. The molecule has 38 heavy (non-hydrogen) atoms. The topological polar surface area (TPSA) is 141 Å². The summed E-state index contributed by atoms with van der Waals surface area (Å²) < 4.78 is 0. The van der Waals surface area contributed by atoms with Crippen LogP contribution in [0.4, 0.5) is 17.7 Å². The van der Waals surface area contributed by atoms with Gasteiger partial charge in [-0.15, -0.1) is 0 Å². The number of aromatic nitrogens is 5. The van der Waals surface area contributed by atoms with Crippen molar-refractivity contribution in [2.45, 2.75) is 31.3 Å². The Morgan fingerprint density at radius 1 is 1.05 bits per heavy atom. The van der Waals surface area contributed by atoms with Gasteiger partial charge in [-0.05, 0) is 12.6 Å². The summed E-state index contributed by atoms with van der Waals surface area (Å²) in [4.78, 5) is 51.2. The smallest absolute Gasteiger partial charge is 0.233 e. The molecule has 0 aliphatic carbocycles. The van der Waals surface area contributed by atoms with Crippen molar-refractivity contribution in [1.82, 2.24) is 29.8 Å². The second-order valence-corrected chi connectivity index (χ2v) is 9.82. The van der Waals surface area contributed by atoms with Crippen molar-refractivity contribution in [2.24, 2.45) is 0 Å². The Hall–Kier alpha value is -3.95. The Morgan fingerprint density at radius 2 is 1.82 bits per heavy atom. The molecule has 0 radical (unpaired) electrons. The van der Waals surface area contributed by atoms with Crippen LogP contribution in [0.3, 0.4) is 0 Å². The zero-order valence-electron chi connectivity index (χ0n) is 21.4. The molecule has 0 spiro atoms. The van der Waals surface area contributed by atoms with E-state index in [9.17, 15) is 14.9 Å². The van der Waals surface area contributed by atoms with Crippen LogP contribution in [-0.2, 0) is 22.4 Å². The molecule has 1 aliphatic rings. The fraction of sp³-hybridized carbons (Fsp3) is 0.385. The Labute approximate surface area is 225 Å². The maximum atomic E-state index is 12.4. The summed E-state index contributed by atoms with van der Waals surface area (Å²) >= 11 is 1.12. The lowest BCUT2D eigenvalue weighted by molar-refractivity contribution is -0.125. The summed E-state index contributed by atoms with van der Waals surface area (Å²) in [6.45, 7) is 5.41. The van der Waals surface area contributed by atoms with Gasteiger partial charge in [-0.1, -0.05) is 49.0 Å². The molecule has 1 saturated heterocycles. The zero-order valence-corrected chi connectivity index (χ0v) is 22.2. The van der Waals surface area contributed by atoms with E-state index < -0.39 is 0 Å². The predicted octanol–water partition coefficient (Wildman–Crippen LogP) is 2.45. The summed E-state index contributed by atoms with van der Waals surface area (Å²) in [5, 5.41) is 12.9. The number of carbonyl (C=O) groups excluding carboxylic acids is 2. The molecule has 0 unspecified atom stereocenters. The number of hydrogen-bond donors (Lipinski definition) is 1. The standard InChI is InChI=1S/C26H29N9O2S/c1-3-22-29-24(33-25(30-22)35-11-9-34(2)10-12-35)31-23-19(15-27)16-28-26(32-23)38-17-21(37)14-20(36)13-18-7-5-4-6-8-18/h4-8,16H,3,9-14,17H2,1-2H3,(H,28,29,30,31,32,33). The van der Waals surface area contributed by atoms with E-state index in [-0.39, 0.29) is 41.5 Å². The third-order valence-corrected chi connectivity index (χ3v) is 6.81. The molecule has 1 fully saturated rings. The minimum absolute atomic E-state index is 0.0468. The largest absolute Gasteiger partial charge is 0.338 e. The van der Waals surface area contributed by atoms with Gasteiger partial charge in [0.2, 0.25) is 11.9 Å². The maximum Gasteiger partial charge on any atom is 0.233 e. The number of aryl methyl sites for hydroxylation is 1. The molecule has 2 aromatic heterocycles. The third kappa shape index (κ3) is 7.53. The molecule has 3 aromatic rings. The van der Waals surface area contributed by atoms with Crippen molar-refractivity contribution in [2.75, 3.05) is 49.2 Å². The molecule has 11 nitrogen and oxygen atoms in total. The monoisotopic (exact) mass is 531 g/mol. The van der Waals surface area contributed by atoms with Crippen LogP contribution in [0.2, 0.25) is 0 Å². The van der Waals surface area contributed by atoms with E-state index in [1.165, 1.54) is 6.20 Å². The molecule has 1 N–H and O–H groups in total. The molecule has 1 aliphatic heterocycles. The van der Waals surface area contributed by atoms with Crippen LogP contribution >= 0.6 is 11.8 Å². The highest BCUT2D eigenvalue weighted by Gasteiger charge is 2.19. The number of hydrogen-bond acceptors (Lipinski definition) is 12. The van der Waals surface area contributed by atoms with E-state index >= 15 is 0 Å². The third-order valence-electron chi connectivity index (χ3n) is 5.89. The van der Waals surface area contributed by atoms with E-state index in [2.05, 4.69) is 53.2 Å². The van der Waals surface area contributed by atoms with Gasteiger partial charge in [-0.3, -0.25) is 9.59 Å². The van der Waals surface area contributed by atoms with Gasteiger partial charge < -0.3 is 15.1 Å². The lowest BCUT2D eigenvalue weighted by Crippen LogP contribution is -2.45. The van der Waals surface area contributed by atoms with E-state index in [0.29, 0.717) is 29.3 Å². The van der Waals surface area contributed by atoms with Crippen LogP contribution in [0.5, 0.6) is 0 Å². The van der Waals surface area contributed by atoms with Gasteiger partial charge in [0.25, 0.3) is 0 Å². The van der Waals surface area contributed by atoms with Crippen molar-refractivity contribution < 1.29 is 9.59 Å². The number of Topliss-reactive ketones (excluding diaryl/α,β-unsaturated/α-hetero) is 2. The second kappa shape index (κ2) is 13.0. The number of nitrogens with zero attached hydrogens (tertiary/aromatic N) is 8. The molecule has 12 heteroatoms. The molecule has 4 rings (SSSR count). The first-order chi connectivity index (χ1) is 18.4. The number of anilines is 3. The van der Waals surface area contributed by atoms with Gasteiger partial charge in [0.05, 0.1) is 18.4 Å². The molecule has 1 aromatic carbocycles. The Bertz CT molecular complexity index is 1320. The Morgan fingerprint density at radius 3 is 2.53 bits per heavy atom. The number of benzene rings is 1. The Kier molecular flexibility index (Phi) is 9.29. The zero-order chi connectivity index (χ0) is 26.9. The fourth-order valence-corrected chi connectivity index (χ4v) is 4.46. The van der Waals surface area contributed by atoms with E-state index in [1.807, 2.05) is 37.3 Å². The maximum absolute atomic E-state index is 12.4. The lowest BCUT2D eigenvalue weighted by atomic mass is 10.1. The highest BCUT2D eigenvalue weighted by Crippen LogP contribution is 2.22. The van der Waals surface area contributed by atoms with Crippen LogP contribution in [0.1, 0.15) is 30.3 Å². The van der Waals surface area contributed by atoms with Crippen molar-refractivity contribution in [3.63, 3.8) is 0 Å².